The Morgan fingerprint density at radius 1 is 0.619 bits per heavy atom. The standard InChI is InChI=1S/C20H17Cl/c21-19-13-11-16(12-14-19)15-20(17-7-3-1-4-8-17)18-9-5-2-6-10-18/h1-14,20H,15H2. The highest BCUT2D eigenvalue weighted by Crippen LogP contribution is 2.28. The number of hydrogen-bond donors (Lipinski definition) is 0. The van der Waals surface area contributed by atoms with Crippen molar-refractivity contribution in [2.75, 3.05) is 0 Å². The molecule has 0 radical (unpaired) electrons. The van der Waals surface area contributed by atoms with Gasteiger partial charge in [0.1, 0.15) is 0 Å². The SMILES string of the molecule is Clc1ccc(CC(c2ccccc2)c2ccccc2)cc1. The fourth-order valence-electron chi connectivity index (χ4n) is 2.66. The van der Waals surface area contributed by atoms with E-state index in [4.69, 9.17) is 11.6 Å². The first kappa shape index (κ1) is 13.9. The van der Waals surface area contributed by atoms with Gasteiger partial charge in [0.15, 0.2) is 0 Å². The van der Waals surface area contributed by atoms with Gasteiger partial charge in [0.25, 0.3) is 0 Å². The van der Waals surface area contributed by atoms with Crippen LogP contribution in [0.15, 0.2) is 84.9 Å². The van der Waals surface area contributed by atoms with E-state index in [1.54, 1.807) is 0 Å². The van der Waals surface area contributed by atoms with Gasteiger partial charge in [0.2, 0.25) is 0 Å². The zero-order valence-electron chi connectivity index (χ0n) is 11.7. The molecule has 3 rings (SSSR count). The highest BCUT2D eigenvalue weighted by molar-refractivity contribution is 6.30. The van der Waals surface area contributed by atoms with E-state index in [1.807, 2.05) is 12.1 Å². The third-order valence-corrected chi connectivity index (χ3v) is 4.01. The molecule has 0 aromatic heterocycles. The fourth-order valence-corrected chi connectivity index (χ4v) is 2.78. The quantitative estimate of drug-likeness (QED) is 0.577. The average Bonchev–Trinajstić information content (AvgIpc) is 2.56. The van der Waals surface area contributed by atoms with Gasteiger partial charge in [0.05, 0.1) is 0 Å². The summed E-state index contributed by atoms with van der Waals surface area (Å²) in [5.74, 6) is 0.369. The number of rotatable bonds is 4. The predicted octanol–water partition coefficient (Wildman–Crippen LogP) is 5.71. The van der Waals surface area contributed by atoms with E-state index in [1.165, 1.54) is 16.7 Å². The summed E-state index contributed by atoms with van der Waals surface area (Å²) in [6.07, 6.45) is 0.977. The maximum Gasteiger partial charge on any atom is 0.0406 e. The summed E-state index contributed by atoms with van der Waals surface area (Å²) in [5, 5.41) is 0.787. The Morgan fingerprint density at radius 3 is 1.57 bits per heavy atom. The molecule has 0 atom stereocenters. The van der Waals surface area contributed by atoms with Crippen molar-refractivity contribution in [3.8, 4) is 0 Å². The Balaban J connectivity index is 1.95. The van der Waals surface area contributed by atoms with Gasteiger partial charge in [-0.2, -0.15) is 0 Å². The Labute approximate surface area is 131 Å². The first-order valence-electron chi connectivity index (χ1n) is 7.17. The van der Waals surface area contributed by atoms with E-state index in [0.717, 1.165) is 11.4 Å². The van der Waals surface area contributed by atoms with Gasteiger partial charge in [0, 0.05) is 10.9 Å². The van der Waals surface area contributed by atoms with E-state index >= 15 is 0 Å². The largest absolute Gasteiger partial charge is 0.0843 e. The molecule has 1 heteroatoms. The number of hydrogen-bond acceptors (Lipinski definition) is 0. The molecule has 0 aliphatic rings. The Morgan fingerprint density at radius 2 is 1.10 bits per heavy atom. The first-order valence-corrected chi connectivity index (χ1v) is 7.55. The van der Waals surface area contributed by atoms with Crippen molar-refractivity contribution in [3.63, 3.8) is 0 Å². The van der Waals surface area contributed by atoms with Gasteiger partial charge in [-0.1, -0.05) is 84.4 Å². The van der Waals surface area contributed by atoms with Gasteiger partial charge in [-0.15, -0.1) is 0 Å². The van der Waals surface area contributed by atoms with Crippen LogP contribution >= 0.6 is 11.6 Å². The molecule has 0 nitrogen and oxygen atoms in total. The van der Waals surface area contributed by atoms with E-state index < -0.39 is 0 Å². The molecule has 21 heavy (non-hydrogen) atoms. The van der Waals surface area contributed by atoms with Crippen LogP contribution in [0.3, 0.4) is 0 Å². The zero-order chi connectivity index (χ0) is 14.5. The van der Waals surface area contributed by atoms with Crippen LogP contribution in [-0.4, -0.2) is 0 Å². The second kappa shape index (κ2) is 6.60. The summed E-state index contributed by atoms with van der Waals surface area (Å²) in [5.41, 5.74) is 3.99. The molecule has 0 unspecified atom stereocenters. The van der Waals surface area contributed by atoms with Gasteiger partial charge < -0.3 is 0 Å². The molecule has 0 saturated heterocycles. The highest BCUT2D eigenvalue weighted by atomic mass is 35.5. The topological polar surface area (TPSA) is 0 Å². The van der Waals surface area contributed by atoms with Crippen LogP contribution < -0.4 is 0 Å². The van der Waals surface area contributed by atoms with E-state index in [0.29, 0.717) is 5.92 Å². The van der Waals surface area contributed by atoms with Crippen LogP contribution in [0.25, 0.3) is 0 Å². The molecule has 0 spiro atoms. The van der Waals surface area contributed by atoms with Crippen molar-refractivity contribution in [3.05, 3.63) is 107 Å². The van der Waals surface area contributed by atoms with Crippen LogP contribution in [0.5, 0.6) is 0 Å². The molecule has 0 fully saturated rings. The van der Waals surface area contributed by atoms with E-state index in [9.17, 15) is 0 Å². The molecule has 0 heterocycles. The summed E-state index contributed by atoms with van der Waals surface area (Å²) < 4.78 is 0. The second-order valence-corrected chi connectivity index (χ2v) is 5.64. The smallest absolute Gasteiger partial charge is 0.0406 e. The van der Waals surface area contributed by atoms with Crippen LogP contribution in [0.1, 0.15) is 22.6 Å². The van der Waals surface area contributed by atoms with Crippen LogP contribution in [0.4, 0.5) is 0 Å². The molecule has 0 aliphatic carbocycles. The van der Waals surface area contributed by atoms with Crippen molar-refractivity contribution in [2.24, 2.45) is 0 Å². The first-order chi connectivity index (χ1) is 10.3. The van der Waals surface area contributed by atoms with E-state index in [2.05, 4.69) is 72.8 Å². The summed E-state index contributed by atoms with van der Waals surface area (Å²) in [6, 6.07) is 29.5. The van der Waals surface area contributed by atoms with Crippen LogP contribution in [-0.2, 0) is 6.42 Å². The highest BCUT2D eigenvalue weighted by Gasteiger charge is 2.14. The van der Waals surface area contributed by atoms with Crippen molar-refractivity contribution in [1.82, 2.24) is 0 Å². The molecule has 3 aromatic rings. The summed E-state index contributed by atoms with van der Waals surface area (Å²) in [6.45, 7) is 0. The normalized spacial score (nSPS) is 10.8. The lowest BCUT2D eigenvalue weighted by molar-refractivity contribution is 0.805. The summed E-state index contributed by atoms with van der Waals surface area (Å²) in [4.78, 5) is 0. The minimum Gasteiger partial charge on any atom is -0.0843 e. The fraction of sp³-hybridized carbons (Fsp3) is 0.100. The molecular weight excluding hydrogens is 276 g/mol. The minimum atomic E-state index is 0.369. The van der Waals surface area contributed by atoms with Crippen molar-refractivity contribution in [1.29, 1.82) is 0 Å². The van der Waals surface area contributed by atoms with Crippen molar-refractivity contribution < 1.29 is 0 Å². The van der Waals surface area contributed by atoms with E-state index in [-0.39, 0.29) is 0 Å². The van der Waals surface area contributed by atoms with Gasteiger partial charge in [-0.25, -0.2) is 0 Å². The molecule has 0 saturated carbocycles. The van der Waals surface area contributed by atoms with Crippen molar-refractivity contribution in [2.45, 2.75) is 12.3 Å². The molecular formula is C20H17Cl. The van der Waals surface area contributed by atoms with Crippen molar-refractivity contribution >= 4 is 11.6 Å². The Bertz CT molecular complexity index is 633. The minimum absolute atomic E-state index is 0.369. The third-order valence-electron chi connectivity index (χ3n) is 3.76. The maximum absolute atomic E-state index is 5.98. The molecule has 0 amide bonds. The Hall–Kier alpha value is -2.05. The van der Waals surface area contributed by atoms with Gasteiger partial charge >= 0.3 is 0 Å². The Kier molecular flexibility index (Phi) is 4.37. The number of benzene rings is 3. The maximum atomic E-state index is 5.98. The monoisotopic (exact) mass is 292 g/mol. The zero-order valence-corrected chi connectivity index (χ0v) is 12.5. The number of halogens is 1. The lowest BCUT2D eigenvalue weighted by atomic mass is 9.86. The lowest BCUT2D eigenvalue weighted by Gasteiger charge is -2.18. The molecule has 104 valence electrons. The van der Waals surface area contributed by atoms with Gasteiger partial charge in [-0.05, 0) is 35.2 Å². The molecule has 0 aliphatic heterocycles. The van der Waals surface area contributed by atoms with Gasteiger partial charge in [-0.3, -0.25) is 0 Å². The lowest BCUT2D eigenvalue weighted by Crippen LogP contribution is -2.04. The molecule has 0 N–H and O–H groups in total. The summed E-state index contributed by atoms with van der Waals surface area (Å²) in [7, 11) is 0. The average molecular weight is 293 g/mol. The third kappa shape index (κ3) is 3.53. The molecule has 0 bridgehead atoms. The van der Waals surface area contributed by atoms with Crippen LogP contribution in [0.2, 0.25) is 5.02 Å². The van der Waals surface area contributed by atoms with Crippen LogP contribution in [0, 0.1) is 0 Å². The second-order valence-electron chi connectivity index (χ2n) is 5.20. The predicted molar refractivity (Wildman–Crippen MR) is 89.9 cm³/mol. The molecule has 3 aromatic carbocycles. The summed E-state index contributed by atoms with van der Waals surface area (Å²) >= 11 is 5.98.